The Kier molecular flexibility index (Phi) is 5.01. The van der Waals surface area contributed by atoms with Gasteiger partial charge in [0.1, 0.15) is 5.75 Å². The van der Waals surface area contributed by atoms with E-state index in [0.29, 0.717) is 26.2 Å². The fraction of sp³-hybridized carbons (Fsp3) is 0.462. The number of hydrogen-bond acceptors (Lipinski definition) is 3. The number of ether oxygens (including phenoxy) is 2. The average molecular weight is 314 g/mol. The number of amides is 1. The third-order valence-electron chi connectivity index (χ3n) is 2.63. The number of nitrogens with one attached hydrogen (secondary N) is 1. The lowest BCUT2D eigenvalue weighted by Crippen LogP contribution is -2.48. The van der Waals surface area contributed by atoms with E-state index in [1.165, 1.54) is 0 Å². The van der Waals surface area contributed by atoms with Gasteiger partial charge in [0.05, 0.1) is 25.9 Å². The molecule has 0 unspecified atom stereocenters. The Bertz CT molecular complexity index is 390. The van der Waals surface area contributed by atoms with E-state index in [2.05, 4.69) is 21.2 Å². The second-order valence-electron chi connectivity index (χ2n) is 4.21. The largest absolute Gasteiger partial charge is 0.494 e. The molecule has 0 atom stereocenters. The molecule has 5 heteroatoms. The van der Waals surface area contributed by atoms with Crippen LogP contribution < -0.4 is 10.1 Å². The summed E-state index contributed by atoms with van der Waals surface area (Å²) in [5, 5.41) is 2.90. The Labute approximate surface area is 115 Å². The highest BCUT2D eigenvalue weighted by molar-refractivity contribution is 9.10. The summed E-state index contributed by atoms with van der Waals surface area (Å²) in [6.07, 6.45) is 1.21. The van der Waals surface area contributed by atoms with Crippen LogP contribution in [-0.4, -0.2) is 31.8 Å². The molecule has 1 heterocycles. The van der Waals surface area contributed by atoms with E-state index < -0.39 is 0 Å². The lowest BCUT2D eigenvalue weighted by Gasteiger charge is -2.26. The van der Waals surface area contributed by atoms with Crippen molar-refractivity contribution >= 4 is 21.8 Å². The van der Waals surface area contributed by atoms with Gasteiger partial charge in [-0.05, 0) is 30.7 Å². The van der Waals surface area contributed by atoms with Gasteiger partial charge in [-0.25, -0.2) is 0 Å². The Morgan fingerprint density at radius 1 is 1.39 bits per heavy atom. The van der Waals surface area contributed by atoms with Gasteiger partial charge in [-0.3, -0.25) is 4.79 Å². The molecule has 1 aliphatic heterocycles. The fourth-order valence-corrected chi connectivity index (χ4v) is 1.84. The minimum atomic E-state index is 0.0720. The van der Waals surface area contributed by atoms with Gasteiger partial charge in [0.2, 0.25) is 5.91 Å². The third-order valence-corrected chi connectivity index (χ3v) is 3.16. The Balaban J connectivity index is 1.57. The van der Waals surface area contributed by atoms with Crippen molar-refractivity contribution in [1.29, 1.82) is 0 Å². The molecule has 0 radical (unpaired) electrons. The summed E-state index contributed by atoms with van der Waals surface area (Å²) < 4.78 is 11.5. The predicted octanol–water partition coefficient (Wildman–Crippen LogP) is 2.12. The minimum Gasteiger partial charge on any atom is -0.494 e. The maximum absolute atomic E-state index is 11.5. The standard InChI is InChI=1S/C13H16BrNO3/c14-10-3-5-12(6-4-10)18-7-1-2-13(16)15-11-8-17-9-11/h3-6,11H,1-2,7-9H2,(H,15,16). The zero-order chi connectivity index (χ0) is 12.8. The minimum absolute atomic E-state index is 0.0720. The van der Waals surface area contributed by atoms with Crippen LogP contribution >= 0.6 is 15.9 Å². The first-order valence-electron chi connectivity index (χ1n) is 5.99. The van der Waals surface area contributed by atoms with Crippen LogP contribution in [0, 0.1) is 0 Å². The molecule has 1 N–H and O–H groups in total. The molecule has 1 fully saturated rings. The van der Waals surface area contributed by atoms with E-state index in [4.69, 9.17) is 9.47 Å². The molecule has 0 spiro atoms. The van der Waals surface area contributed by atoms with Crippen LogP contribution in [0.3, 0.4) is 0 Å². The van der Waals surface area contributed by atoms with E-state index in [1.807, 2.05) is 24.3 Å². The zero-order valence-electron chi connectivity index (χ0n) is 10.0. The van der Waals surface area contributed by atoms with Crippen molar-refractivity contribution in [2.24, 2.45) is 0 Å². The van der Waals surface area contributed by atoms with Gasteiger partial charge in [-0.15, -0.1) is 0 Å². The van der Waals surface area contributed by atoms with Crippen molar-refractivity contribution in [2.45, 2.75) is 18.9 Å². The Morgan fingerprint density at radius 2 is 2.11 bits per heavy atom. The van der Waals surface area contributed by atoms with Crippen LogP contribution in [0.15, 0.2) is 28.7 Å². The first kappa shape index (κ1) is 13.4. The SMILES string of the molecule is O=C(CCCOc1ccc(Br)cc1)NC1COC1. The smallest absolute Gasteiger partial charge is 0.220 e. The molecular formula is C13H16BrNO3. The number of halogens is 1. The Morgan fingerprint density at radius 3 is 2.72 bits per heavy atom. The number of rotatable bonds is 6. The van der Waals surface area contributed by atoms with Gasteiger partial charge < -0.3 is 14.8 Å². The van der Waals surface area contributed by atoms with Crippen molar-refractivity contribution in [3.8, 4) is 5.75 Å². The number of hydrogen-bond donors (Lipinski definition) is 1. The molecule has 1 aromatic rings. The lowest BCUT2D eigenvalue weighted by atomic mass is 10.2. The first-order valence-corrected chi connectivity index (χ1v) is 6.79. The number of carbonyl (C=O) groups excluding carboxylic acids is 1. The van der Waals surface area contributed by atoms with Crippen LogP contribution in [0.1, 0.15) is 12.8 Å². The van der Waals surface area contributed by atoms with Gasteiger partial charge in [0.15, 0.2) is 0 Å². The number of carbonyl (C=O) groups is 1. The average Bonchev–Trinajstić information content (AvgIpc) is 2.32. The van der Waals surface area contributed by atoms with Crippen LogP contribution in [-0.2, 0) is 9.53 Å². The summed E-state index contributed by atoms with van der Waals surface area (Å²) in [5.74, 6) is 0.897. The van der Waals surface area contributed by atoms with Crippen LogP contribution in [0.2, 0.25) is 0 Å². The second-order valence-corrected chi connectivity index (χ2v) is 5.12. The van der Waals surface area contributed by atoms with Crippen molar-refractivity contribution in [3.05, 3.63) is 28.7 Å². The lowest BCUT2D eigenvalue weighted by molar-refractivity contribution is -0.125. The van der Waals surface area contributed by atoms with Crippen molar-refractivity contribution < 1.29 is 14.3 Å². The molecule has 98 valence electrons. The van der Waals surface area contributed by atoms with E-state index in [1.54, 1.807) is 0 Å². The summed E-state index contributed by atoms with van der Waals surface area (Å²) in [7, 11) is 0. The third kappa shape index (κ3) is 4.31. The number of benzene rings is 1. The van der Waals surface area contributed by atoms with Crippen molar-refractivity contribution in [3.63, 3.8) is 0 Å². The molecule has 18 heavy (non-hydrogen) atoms. The predicted molar refractivity (Wildman–Crippen MR) is 71.6 cm³/mol. The summed E-state index contributed by atoms with van der Waals surface area (Å²) >= 11 is 3.36. The van der Waals surface area contributed by atoms with Crippen LogP contribution in [0.5, 0.6) is 5.75 Å². The molecule has 4 nitrogen and oxygen atoms in total. The molecule has 0 aliphatic carbocycles. The normalized spacial score (nSPS) is 14.9. The first-order chi connectivity index (χ1) is 8.74. The van der Waals surface area contributed by atoms with E-state index in [-0.39, 0.29) is 11.9 Å². The van der Waals surface area contributed by atoms with Crippen molar-refractivity contribution in [2.75, 3.05) is 19.8 Å². The maximum Gasteiger partial charge on any atom is 0.220 e. The van der Waals surface area contributed by atoms with E-state index in [9.17, 15) is 4.79 Å². The highest BCUT2D eigenvalue weighted by atomic mass is 79.9. The molecule has 0 bridgehead atoms. The Hall–Kier alpha value is -1.07. The molecule has 1 aromatic carbocycles. The fourth-order valence-electron chi connectivity index (χ4n) is 1.57. The highest BCUT2D eigenvalue weighted by Crippen LogP contribution is 2.16. The molecule has 1 aliphatic rings. The second kappa shape index (κ2) is 6.75. The van der Waals surface area contributed by atoms with E-state index in [0.717, 1.165) is 16.6 Å². The van der Waals surface area contributed by atoms with Crippen LogP contribution in [0.4, 0.5) is 0 Å². The summed E-state index contributed by atoms with van der Waals surface area (Å²) in [4.78, 5) is 11.5. The summed E-state index contributed by atoms with van der Waals surface area (Å²) in [6, 6.07) is 7.87. The zero-order valence-corrected chi connectivity index (χ0v) is 11.6. The molecule has 1 saturated heterocycles. The monoisotopic (exact) mass is 313 g/mol. The van der Waals surface area contributed by atoms with Crippen molar-refractivity contribution in [1.82, 2.24) is 5.32 Å². The molecule has 0 aromatic heterocycles. The van der Waals surface area contributed by atoms with Gasteiger partial charge in [0.25, 0.3) is 0 Å². The molecule has 0 saturated carbocycles. The van der Waals surface area contributed by atoms with Gasteiger partial charge in [0, 0.05) is 10.9 Å². The van der Waals surface area contributed by atoms with Gasteiger partial charge in [-0.1, -0.05) is 15.9 Å². The topological polar surface area (TPSA) is 47.6 Å². The van der Waals surface area contributed by atoms with E-state index >= 15 is 0 Å². The molecular weight excluding hydrogens is 298 g/mol. The molecule has 2 rings (SSSR count). The molecule has 1 amide bonds. The quantitative estimate of drug-likeness (QED) is 0.818. The summed E-state index contributed by atoms with van der Waals surface area (Å²) in [5.41, 5.74) is 0. The van der Waals surface area contributed by atoms with Gasteiger partial charge >= 0.3 is 0 Å². The highest BCUT2D eigenvalue weighted by Gasteiger charge is 2.19. The van der Waals surface area contributed by atoms with Crippen LogP contribution in [0.25, 0.3) is 0 Å². The maximum atomic E-state index is 11.5. The van der Waals surface area contributed by atoms with Gasteiger partial charge in [-0.2, -0.15) is 0 Å². The summed E-state index contributed by atoms with van der Waals surface area (Å²) in [6.45, 7) is 1.83.